The second-order valence-electron chi connectivity index (χ2n) is 7.74. The van der Waals surface area contributed by atoms with Gasteiger partial charge in [0, 0.05) is 11.1 Å². The van der Waals surface area contributed by atoms with Crippen molar-refractivity contribution >= 4 is 28.7 Å². The van der Waals surface area contributed by atoms with Crippen LogP contribution in [-0.4, -0.2) is 33.4 Å². The van der Waals surface area contributed by atoms with E-state index in [4.69, 9.17) is 0 Å². The molecule has 2 aliphatic rings. The molecule has 1 spiro atoms. The van der Waals surface area contributed by atoms with Gasteiger partial charge in [0.1, 0.15) is 5.54 Å². The molecule has 2 heterocycles. The van der Waals surface area contributed by atoms with Gasteiger partial charge in [-0.15, -0.1) is 0 Å². The fourth-order valence-corrected chi connectivity index (χ4v) is 4.37. The van der Waals surface area contributed by atoms with Gasteiger partial charge in [-0.3, -0.25) is 20.0 Å². The van der Waals surface area contributed by atoms with Crippen LogP contribution >= 0.6 is 0 Å². The number of rotatable bonds is 3. The highest BCUT2D eigenvalue weighted by molar-refractivity contribution is 6.08. The number of nitrogens with one attached hydrogen (secondary N) is 2. The summed E-state index contributed by atoms with van der Waals surface area (Å²) in [4.78, 5) is 42.4. The Morgan fingerprint density at radius 2 is 1.89 bits per heavy atom. The maximum Gasteiger partial charge on any atom is 0.344 e. The first kappa shape index (κ1) is 18.4. The normalized spacial score (nSPS) is 18.6. The number of carbonyl (C=O) groups excluding carboxylic acids is 3. The molecule has 2 fully saturated rings. The van der Waals surface area contributed by atoms with Crippen LogP contribution in [0.25, 0.3) is 10.9 Å². The van der Waals surface area contributed by atoms with Crippen molar-refractivity contribution in [1.29, 1.82) is 0 Å². The number of fused-ring (bicyclic) bond motifs is 1. The third-order valence-corrected chi connectivity index (χ3v) is 5.93. The molecule has 1 aromatic carbocycles. The molecule has 2 aromatic rings. The third-order valence-electron chi connectivity index (χ3n) is 5.93. The molecule has 0 unspecified atom stereocenters. The van der Waals surface area contributed by atoms with E-state index in [0.29, 0.717) is 12.8 Å². The molecule has 7 heteroatoms. The summed E-state index contributed by atoms with van der Waals surface area (Å²) >= 11 is 0. The predicted octanol–water partition coefficient (Wildman–Crippen LogP) is 2.68. The van der Waals surface area contributed by atoms with Crippen molar-refractivity contribution in [3.63, 3.8) is 0 Å². The van der Waals surface area contributed by atoms with Crippen LogP contribution in [0.3, 0.4) is 0 Å². The number of amides is 4. The molecular weight excluding hydrogens is 356 g/mol. The summed E-state index contributed by atoms with van der Waals surface area (Å²) in [5.41, 5.74) is 5.11. The Labute approximate surface area is 163 Å². The van der Waals surface area contributed by atoms with Crippen LogP contribution < -0.4 is 10.7 Å². The van der Waals surface area contributed by atoms with E-state index in [9.17, 15) is 14.4 Å². The number of carbonyl (C=O) groups is 3. The summed E-state index contributed by atoms with van der Waals surface area (Å²) in [6, 6.07) is 7.23. The second kappa shape index (κ2) is 6.89. The lowest BCUT2D eigenvalue weighted by Crippen LogP contribution is -2.51. The van der Waals surface area contributed by atoms with Crippen molar-refractivity contribution in [3.05, 3.63) is 41.1 Å². The molecular formula is C21H24N4O3. The third kappa shape index (κ3) is 3.00. The molecule has 4 rings (SSSR count). The average Bonchev–Trinajstić information content (AvgIpc) is 2.89. The van der Waals surface area contributed by atoms with Gasteiger partial charge in [0.15, 0.2) is 0 Å². The maximum atomic E-state index is 12.8. The van der Waals surface area contributed by atoms with E-state index in [1.807, 2.05) is 38.1 Å². The van der Waals surface area contributed by atoms with Gasteiger partial charge in [0.25, 0.3) is 5.91 Å². The van der Waals surface area contributed by atoms with Crippen molar-refractivity contribution in [2.75, 3.05) is 0 Å². The summed E-state index contributed by atoms with van der Waals surface area (Å²) in [6.45, 7) is 3.83. The van der Waals surface area contributed by atoms with Crippen LogP contribution in [0.4, 0.5) is 4.79 Å². The number of nitrogens with zero attached hydrogens (tertiary/aromatic N) is 2. The first-order chi connectivity index (χ1) is 13.4. The molecule has 2 N–H and O–H groups in total. The van der Waals surface area contributed by atoms with Gasteiger partial charge in [0.05, 0.1) is 11.9 Å². The van der Waals surface area contributed by atoms with Crippen LogP contribution in [-0.2, 0) is 16.0 Å². The number of hydrogen-bond acceptors (Lipinski definition) is 4. The van der Waals surface area contributed by atoms with Crippen LogP contribution in [0.2, 0.25) is 0 Å². The summed E-state index contributed by atoms with van der Waals surface area (Å²) < 4.78 is 0. The molecule has 7 nitrogen and oxygen atoms in total. The zero-order valence-electron chi connectivity index (χ0n) is 16.2. The van der Waals surface area contributed by atoms with E-state index in [2.05, 4.69) is 15.7 Å². The minimum absolute atomic E-state index is 0.0551. The van der Waals surface area contributed by atoms with Gasteiger partial charge in [-0.2, -0.15) is 5.01 Å². The van der Waals surface area contributed by atoms with Gasteiger partial charge < -0.3 is 5.32 Å². The Morgan fingerprint density at radius 1 is 1.18 bits per heavy atom. The smallest absolute Gasteiger partial charge is 0.322 e. The highest BCUT2D eigenvalue weighted by Gasteiger charge is 2.52. The molecule has 0 radical (unpaired) electrons. The Bertz CT molecular complexity index is 979. The quantitative estimate of drug-likeness (QED) is 0.801. The van der Waals surface area contributed by atoms with Gasteiger partial charge in [-0.1, -0.05) is 37.5 Å². The van der Waals surface area contributed by atoms with Crippen molar-refractivity contribution in [2.45, 2.75) is 57.9 Å². The SMILES string of the molecule is Cc1nc2ccccc2c(C)c1CC(=O)NN1C(=O)NC2(CCCCC2)C1=O. The topological polar surface area (TPSA) is 91.4 Å². The Kier molecular flexibility index (Phi) is 4.53. The van der Waals surface area contributed by atoms with E-state index in [1.54, 1.807) is 0 Å². The lowest BCUT2D eigenvalue weighted by molar-refractivity contribution is -0.139. The molecule has 146 valence electrons. The molecule has 0 bridgehead atoms. The molecule has 1 aliphatic heterocycles. The van der Waals surface area contributed by atoms with Crippen molar-refractivity contribution in [2.24, 2.45) is 0 Å². The number of aromatic nitrogens is 1. The van der Waals surface area contributed by atoms with Crippen LogP contribution in [0.5, 0.6) is 0 Å². The lowest BCUT2D eigenvalue weighted by Gasteiger charge is -2.30. The molecule has 28 heavy (non-hydrogen) atoms. The van der Waals surface area contributed by atoms with E-state index < -0.39 is 17.5 Å². The highest BCUT2D eigenvalue weighted by atomic mass is 16.2. The Morgan fingerprint density at radius 3 is 2.64 bits per heavy atom. The molecule has 4 amide bonds. The minimum Gasteiger partial charge on any atom is -0.322 e. The standard InChI is InChI=1S/C21H24N4O3/c1-13-15-8-4-5-9-17(15)22-14(2)16(13)12-18(26)24-25-19(27)21(23-20(25)28)10-6-3-7-11-21/h4-5,8-9H,3,6-7,10-12H2,1-2H3,(H,23,28)(H,24,26). The van der Waals surface area contributed by atoms with Gasteiger partial charge in [-0.05, 0) is 43.9 Å². The van der Waals surface area contributed by atoms with E-state index in [-0.39, 0.29) is 12.3 Å². The zero-order chi connectivity index (χ0) is 19.9. The van der Waals surface area contributed by atoms with Crippen molar-refractivity contribution < 1.29 is 14.4 Å². The first-order valence-electron chi connectivity index (χ1n) is 9.72. The largest absolute Gasteiger partial charge is 0.344 e. The van der Waals surface area contributed by atoms with Crippen LogP contribution in [0.15, 0.2) is 24.3 Å². The Hall–Kier alpha value is -2.96. The number of urea groups is 1. The summed E-state index contributed by atoms with van der Waals surface area (Å²) in [6.07, 6.45) is 4.15. The number of aryl methyl sites for hydroxylation is 2. The average molecular weight is 380 g/mol. The fraction of sp³-hybridized carbons (Fsp3) is 0.429. The fourth-order valence-electron chi connectivity index (χ4n) is 4.37. The van der Waals surface area contributed by atoms with Gasteiger partial charge >= 0.3 is 6.03 Å². The molecule has 1 saturated heterocycles. The van der Waals surface area contributed by atoms with Gasteiger partial charge in [0.2, 0.25) is 5.91 Å². The molecule has 0 atom stereocenters. The Balaban J connectivity index is 1.53. The summed E-state index contributed by atoms with van der Waals surface area (Å²) in [5, 5.41) is 4.64. The number of hydrazine groups is 1. The van der Waals surface area contributed by atoms with E-state index in [1.165, 1.54) is 0 Å². The van der Waals surface area contributed by atoms with Crippen molar-refractivity contribution in [3.8, 4) is 0 Å². The van der Waals surface area contributed by atoms with Crippen LogP contribution in [0, 0.1) is 13.8 Å². The number of para-hydroxylation sites is 1. The first-order valence-corrected chi connectivity index (χ1v) is 9.72. The number of benzene rings is 1. The highest BCUT2D eigenvalue weighted by Crippen LogP contribution is 2.33. The lowest BCUT2D eigenvalue weighted by atomic mass is 9.82. The summed E-state index contributed by atoms with van der Waals surface area (Å²) in [5.74, 6) is -0.754. The minimum atomic E-state index is -0.848. The zero-order valence-corrected chi connectivity index (χ0v) is 16.2. The summed E-state index contributed by atoms with van der Waals surface area (Å²) in [7, 11) is 0. The number of hydrogen-bond donors (Lipinski definition) is 2. The van der Waals surface area contributed by atoms with Gasteiger partial charge in [-0.25, -0.2) is 4.79 Å². The maximum absolute atomic E-state index is 12.8. The molecule has 1 aromatic heterocycles. The number of pyridine rings is 1. The van der Waals surface area contributed by atoms with E-state index >= 15 is 0 Å². The predicted molar refractivity (Wildman–Crippen MR) is 104 cm³/mol. The van der Waals surface area contributed by atoms with Crippen molar-refractivity contribution in [1.82, 2.24) is 20.7 Å². The number of imide groups is 1. The monoisotopic (exact) mass is 380 g/mol. The molecule has 1 aliphatic carbocycles. The molecule has 1 saturated carbocycles. The van der Waals surface area contributed by atoms with Crippen LogP contribution in [0.1, 0.15) is 48.9 Å². The second-order valence-corrected chi connectivity index (χ2v) is 7.74. The van der Waals surface area contributed by atoms with E-state index in [0.717, 1.165) is 52.0 Å².